The zero-order valence-electron chi connectivity index (χ0n) is 13.5. The number of rotatable bonds is 6. The predicted molar refractivity (Wildman–Crippen MR) is 83.5 cm³/mol. The summed E-state index contributed by atoms with van der Waals surface area (Å²) in [5.74, 6) is 2.38. The summed E-state index contributed by atoms with van der Waals surface area (Å²) in [6.07, 6.45) is 2.43. The number of aliphatic imine (C=N–C) groups is 1. The van der Waals surface area contributed by atoms with Gasteiger partial charge in [-0.1, -0.05) is 19.0 Å². The van der Waals surface area contributed by atoms with Crippen molar-refractivity contribution in [3.63, 3.8) is 0 Å². The highest BCUT2D eigenvalue weighted by Crippen LogP contribution is 2.09. The van der Waals surface area contributed by atoms with E-state index in [2.05, 4.69) is 30.9 Å². The van der Waals surface area contributed by atoms with E-state index in [9.17, 15) is 0 Å². The Labute approximate surface area is 130 Å². The molecule has 2 rings (SSSR count). The number of hydrogen-bond acceptors (Lipinski definition) is 5. The average molecular weight is 305 g/mol. The molecule has 0 spiro atoms. The summed E-state index contributed by atoms with van der Waals surface area (Å²) < 4.78 is 7.03. The fourth-order valence-corrected chi connectivity index (χ4v) is 1.86. The molecule has 2 aromatic rings. The molecule has 0 saturated carbocycles. The number of aromatic nitrogens is 4. The van der Waals surface area contributed by atoms with Gasteiger partial charge in [-0.3, -0.25) is 9.67 Å². The minimum absolute atomic E-state index is 0.277. The van der Waals surface area contributed by atoms with Gasteiger partial charge in [-0.15, -0.1) is 0 Å². The van der Waals surface area contributed by atoms with Crippen molar-refractivity contribution < 1.29 is 4.52 Å². The molecule has 8 heteroatoms. The smallest absolute Gasteiger partial charge is 0.228 e. The van der Waals surface area contributed by atoms with Crippen LogP contribution in [0.4, 0.5) is 0 Å². The van der Waals surface area contributed by atoms with E-state index in [0.29, 0.717) is 25.4 Å². The zero-order chi connectivity index (χ0) is 15.9. The van der Waals surface area contributed by atoms with Crippen molar-refractivity contribution in [3.8, 4) is 0 Å². The summed E-state index contributed by atoms with van der Waals surface area (Å²) in [5, 5.41) is 14.5. The van der Waals surface area contributed by atoms with Crippen LogP contribution in [0.3, 0.4) is 0 Å². The van der Waals surface area contributed by atoms with Gasteiger partial charge in [0.2, 0.25) is 5.89 Å². The quantitative estimate of drug-likeness (QED) is 0.606. The first kappa shape index (κ1) is 16.0. The van der Waals surface area contributed by atoms with Crippen molar-refractivity contribution in [1.29, 1.82) is 0 Å². The van der Waals surface area contributed by atoms with E-state index in [1.165, 1.54) is 0 Å². The minimum Gasteiger partial charge on any atom is -0.356 e. The molecule has 0 atom stereocenters. The Kier molecular flexibility index (Phi) is 5.51. The van der Waals surface area contributed by atoms with Crippen LogP contribution in [-0.4, -0.2) is 39.5 Å². The van der Waals surface area contributed by atoms with Crippen LogP contribution < -0.4 is 10.6 Å². The molecule has 0 aromatic carbocycles. The van der Waals surface area contributed by atoms with E-state index in [1.54, 1.807) is 13.2 Å². The van der Waals surface area contributed by atoms with Gasteiger partial charge in [-0.2, -0.15) is 10.1 Å². The monoisotopic (exact) mass is 305 g/mol. The van der Waals surface area contributed by atoms with Crippen molar-refractivity contribution >= 4 is 5.96 Å². The molecule has 0 unspecified atom stereocenters. The normalized spacial score (nSPS) is 12.0. The van der Waals surface area contributed by atoms with E-state index in [1.807, 2.05) is 31.6 Å². The third kappa shape index (κ3) is 4.31. The molecular weight excluding hydrogens is 282 g/mol. The second-order valence-electron chi connectivity index (χ2n) is 5.25. The van der Waals surface area contributed by atoms with Crippen LogP contribution in [-0.2, 0) is 20.0 Å². The Balaban J connectivity index is 1.75. The summed E-state index contributed by atoms with van der Waals surface area (Å²) >= 11 is 0. The second-order valence-corrected chi connectivity index (χ2v) is 5.25. The van der Waals surface area contributed by atoms with Crippen molar-refractivity contribution in [2.45, 2.75) is 32.7 Å². The zero-order valence-corrected chi connectivity index (χ0v) is 13.5. The maximum absolute atomic E-state index is 5.20. The highest BCUT2D eigenvalue weighted by Gasteiger charge is 2.09. The first-order valence-electron chi connectivity index (χ1n) is 7.34. The third-order valence-corrected chi connectivity index (χ3v) is 3.21. The Morgan fingerprint density at radius 3 is 2.82 bits per heavy atom. The fraction of sp³-hybridized carbons (Fsp3) is 0.571. The lowest BCUT2D eigenvalue weighted by molar-refractivity contribution is 0.371. The van der Waals surface area contributed by atoms with Gasteiger partial charge < -0.3 is 15.2 Å². The molecule has 120 valence electrons. The van der Waals surface area contributed by atoms with E-state index >= 15 is 0 Å². The summed E-state index contributed by atoms with van der Waals surface area (Å²) in [4.78, 5) is 8.52. The van der Waals surface area contributed by atoms with E-state index in [4.69, 9.17) is 4.52 Å². The first-order chi connectivity index (χ1) is 10.6. The van der Waals surface area contributed by atoms with Crippen LogP contribution >= 0.6 is 0 Å². The number of nitrogens with zero attached hydrogens (tertiary/aromatic N) is 5. The molecule has 2 heterocycles. The summed E-state index contributed by atoms with van der Waals surface area (Å²) in [5.41, 5.74) is 1.08. The SMILES string of the molecule is CN=C(NCCc1nc(C(C)C)no1)NCc1ccnn1C. The van der Waals surface area contributed by atoms with Gasteiger partial charge in [0.1, 0.15) is 0 Å². The highest BCUT2D eigenvalue weighted by atomic mass is 16.5. The molecule has 0 saturated heterocycles. The molecule has 0 aliphatic heterocycles. The number of guanidine groups is 1. The number of nitrogens with one attached hydrogen (secondary N) is 2. The maximum atomic E-state index is 5.20. The summed E-state index contributed by atoms with van der Waals surface area (Å²) in [6, 6.07) is 1.96. The van der Waals surface area contributed by atoms with Crippen LogP contribution in [0, 0.1) is 0 Å². The molecule has 2 N–H and O–H groups in total. The first-order valence-corrected chi connectivity index (χ1v) is 7.34. The number of hydrogen-bond donors (Lipinski definition) is 2. The van der Waals surface area contributed by atoms with E-state index in [-0.39, 0.29) is 5.92 Å². The summed E-state index contributed by atoms with van der Waals surface area (Å²) in [7, 11) is 3.65. The van der Waals surface area contributed by atoms with Crippen molar-refractivity contribution in [1.82, 2.24) is 30.6 Å². The van der Waals surface area contributed by atoms with E-state index < -0.39 is 0 Å². The van der Waals surface area contributed by atoms with Crippen LogP contribution in [0.25, 0.3) is 0 Å². The average Bonchev–Trinajstić information content (AvgIpc) is 3.12. The van der Waals surface area contributed by atoms with Gasteiger partial charge in [0.15, 0.2) is 11.8 Å². The highest BCUT2D eigenvalue weighted by molar-refractivity contribution is 5.79. The van der Waals surface area contributed by atoms with Gasteiger partial charge in [0, 0.05) is 39.2 Å². The lowest BCUT2D eigenvalue weighted by Gasteiger charge is -2.11. The van der Waals surface area contributed by atoms with Gasteiger partial charge in [-0.25, -0.2) is 0 Å². The molecule has 0 fully saturated rings. The second kappa shape index (κ2) is 7.58. The van der Waals surface area contributed by atoms with Crippen LogP contribution in [0.5, 0.6) is 0 Å². The van der Waals surface area contributed by atoms with Gasteiger partial charge in [-0.05, 0) is 6.07 Å². The molecule has 0 aliphatic carbocycles. The maximum Gasteiger partial charge on any atom is 0.228 e. The molecule has 0 amide bonds. The molecule has 22 heavy (non-hydrogen) atoms. The summed E-state index contributed by atoms with van der Waals surface area (Å²) in [6.45, 7) is 5.41. The molecular formula is C14H23N7O. The Morgan fingerprint density at radius 1 is 1.41 bits per heavy atom. The lowest BCUT2D eigenvalue weighted by Crippen LogP contribution is -2.38. The molecule has 2 aromatic heterocycles. The molecule has 0 radical (unpaired) electrons. The minimum atomic E-state index is 0.277. The standard InChI is InChI=1S/C14H23N7O/c1-10(2)13-19-12(22-20-13)6-7-16-14(15-3)17-9-11-5-8-18-21(11)4/h5,8,10H,6-7,9H2,1-4H3,(H2,15,16,17). The van der Waals surface area contributed by atoms with Gasteiger partial charge >= 0.3 is 0 Å². The van der Waals surface area contributed by atoms with Crippen LogP contribution in [0.2, 0.25) is 0 Å². The third-order valence-electron chi connectivity index (χ3n) is 3.21. The lowest BCUT2D eigenvalue weighted by atomic mass is 10.2. The Bertz CT molecular complexity index is 614. The molecule has 0 bridgehead atoms. The Morgan fingerprint density at radius 2 is 2.23 bits per heavy atom. The van der Waals surface area contributed by atoms with Gasteiger partial charge in [0.05, 0.1) is 12.2 Å². The number of aryl methyl sites for hydroxylation is 1. The predicted octanol–water partition coefficient (Wildman–Crippen LogP) is 0.834. The van der Waals surface area contributed by atoms with Crippen molar-refractivity contribution in [3.05, 3.63) is 29.7 Å². The fourth-order valence-electron chi connectivity index (χ4n) is 1.86. The van der Waals surface area contributed by atoms with Gasteiger partial charge in [0.25, 0.3) is 0 Å². The van der Waals surface area contributed by atoms with E-state index in [0.717, 1.165) is 17.5 Å². The largest absolute Gasteiger partial charge is 0.356 e. The van der Waals surface area contributed by atoms with Crippen LogP contribution in [0.1, 0.15) is 37.2 Å². The Hall–Kier alpha value is -2.38. The van der Waals surface area contributed by atoms with Crippen LogP contribution in [0.15, 0.2) is 21.8 Å². The molecule has 8 nitrogen and oxygen atoms in total. The molecule has 0 aliphatic rings. The topological polar surface area (TPSA) is 93.2 Å². The van der Waals surface area contributed by atoms with Crippen molar-refractivity contribution in [2.75, 3.05) is 13.6 Å². The van der Waals surface area contributed by atoms with Crippen molar-refractivity contribution in [2.24, 2.45) is 12.0 Å².